The number of nitro groups is 1. The van der Waals surface area contributed by atoms with Gasteiger partial charge in [-0.2, -0.15) is 0 Å². The molecule has 134 valence electrons. The van der Waals surface area contributed by atoms with Crippen molar-refractivity contribution in [3.8, 4) is 11.4 Å². The van der Waals surface area contributed by atoms with Gasteiger partial charge in [-0.1, -0.05) is 20.8 Å². The van der Waals surface area contributed by atoms with Gasteiger partial charge in [-0.15, -0.1) is 11.8 Å². The van der Waals surface area contributed by atoms with Crippen LogP contribution in [0.15, 0.2) is 35.4 Å². The number of hydrogen-bond acceptors (Lipinski definition) is 6. The van der Waals surface area contributed by atoms with E-state index >= 15 is 0 Å². The number of hydrogen-bond donors (Lipinski definition) is 0. The molecule has 0 radical (unpaired) electrons. The van der Waals surface area contributed by atoms with Gasteiger partial charge in [-0.05, 0) is 37.7 Å². The molecular formula is C18H24N4O2S. The maximum absolute atomic E-state index is 10.8. The SMILES string of the molecule is CCc1cc(SCCN(CC)CC)nc(-c2ccc([N+](=O)[O-])cc2)n1. The predicted octanol–water partition coefficient (Wildman–Crippen LogP) is 4.05. The van der Waals surface area contributed by atoms with Gasteiger partial charge in [0.25, 0.3) is 5.69 Å². The second-order valence-corrected chi connectivity index (χ2v) is 6.67. The molecule has 0 bridgehead atoms. The quantitative estimate of drug-likeness (QED) is 0.291. The highest BCUT2D eigenvalue weighted by Gasteiger charge is 2.10. The average Bonchev–Trinajstić information content (AvgIpc) is 2.65. The maximum Gasteiger partial charge on any atom is 0.269 e. The molecule has 0 aliphatic heterocycles. The summed E-state index contributed by atoms with van der Waals surface area (Å²) in [6, 6.07) is 8.42. The summed E-state index contributed by atoms with van der Waals surface area (Å²) < 4.78 is 0. The molecule has 1 aromatic heterocycles. The smallest absolute Gasteiger partial charge is 0.269 e. The van der Waals surface area contributed by atoms with Gasteiger partial charge in [0.2, 0.25) is 0 Å². The lowest BCUT2D eigenvalue weighted by molar-refractivity contribution is -0.384. The summed E-state index contributed by atoms with van der Waals surface area (Å²) >= 11 is 1.72. The third-order valence-electron chi connectivity index (χ3n) is 4.01. The summed E-state index contributed by atoms with van der Waals surface area (Å²) in [5.74, 6) is 1.60. The molecule has 6 nitrogen and oxygen atoms in total. The number of rotatable bonds is 9. The van der Waals surface area contributed by atoms with E-state index in [0.29, 0.717) is 5.82 Å². The van der Waals surface area contributed by atoms with Crippen LogP contribution in [0.25, 0.3) is 11.4 Å². The number of non-ortho nitro benzene ring substituents is 1. The minimum absolute atomic E-state index is 0.0733. The Labute approximate surface area is 152 Å². The van der Waals surface area contributed by atoms with Gasteiger partial charge in [-0.25, -0.2) is 9.97 Å². The normalized spacial score (nSPS) is 11.0. The van der Waals surface area contributed by atoms with E-state index in [1.165, 1.54) is 12.1 Å². The van der Waals surface area contributed by atoms with Crippen molar-refractivity contribution in [1.29, 1.82) is 0 Å². The molecule has 0 fully saturated rings. The Morgan fingerprint density at radius 3 is 2.36 bits per heavy atom. The third kappa shape index (κ3) is 5.51. The number of thioether (sulfide) groups is 1. The number of aromatic nitrogens is 2. The summed E-state index contributed by atoms with van der Waals surface area (Å²) in [6.07, 6.45) is 0.826. The Morgan fingerprint density at radius 1 is 1.12 bits per heavy atom. The van der Waals surface area contributed by atoms with Gasteiger partial charge in [0, 0.05) is 35.7 Å². The fourth-order valence-corrected chi connectivity index (χ4v) is 3.34. The molecule has 0 aliphatic rings. The van der Waals surface area contributed by atoms with Crippen LogP contribution in [0.1, 0.15) is 26.5 Å². The van der Waals surface area contributed by atoms with Crippen LogP contribution < -0.4 is 0 Å². The van der Waals surface area contributed by atoms with Crippen molar-refractivity contribution in [3.05, 3.63) is 46.1 Å². The van der Waals surface area contributed by atoms with Gasteiger partial charge < -0.3 is 4.90 Å². The Bertz CT molecular complexity index is 703. The fourth-order valence-electron chi connectivity index (χ4n) is 2.41. The van der Waals surface area contributed by atoms with Crippen LogP contribution in [0.3, 0.4) is 0 Å². The number of nitro benzene ring substituents is 1. The molecule has 0 amide bonds. The van der Waals surface area contributed by atoms with Crippen LogP contribution in [-0.4, -0.2) is 45.2 Å². The molecule has 0 N–H and O–H groups in total. The summed E-state index contributed by atoms with van der Waals surface area (Å²) in [4.78, 5) is 22.0. The van der Waals surface area contributed by atoms with E-state index in [0.717, 1.165) is 48.1 Å². The van der Waals surface area contributed by atoms with E-state index in [9.17, 15) is 10.1 Å². The minimum Gasteiger partial charge on any atom is -0.303 e. The van der Waals surface area contributed by atoms with E-state index in [1.807, 2.05) is 6.07 Å². The summed E-state index contributed by atoms with van der Waals surface area (Å²) in [7, 11) is 0. The molecule has 1 aromatic carbocycles. The van der Waals surface area contributed by atoms with Crippen molar-refractivity contribution in [3.63, 3.8) is 0 Å². The van der Waals surface area contributed by atoms with E-state index in [2.05, 4.69) is 35.6 Å². The first-order chi connectivity index (χ1) is 12.1. The van der Waals surface area contributed by atoms with Crippen molar-refractivity contribution in [2.75, 3.05) is 25.4 Å². The second kappa shape index (κ2) is 9.48. The number of nitrogens with zero attached hydrogens (tertiary/aromatic N) is 4. The molecule has 0 unspecified atom stereocenters. The lowest BCUT2D eigenvalue weighted by Crippen LogP contribution is -2.25. The van der Waals surface area contributed by atoms with E-state index in [-0.39, 0.29) is 5.69 Å². The molecule has 7 heteroatoms. The van der Waals surface area contributed by atoms with Crippen molar-refractivity contribution < 1.29 is 4.92 Å². The number of aryl methyl sites for hydroxylation is 1. The van der Waals surface area contributed by atoms with Crippen LogP contribution in [0.4, 0.5) is 5.69 Å². The molecule has 2 rings (SSSR count). The Hall–Kier alpha value is -1.99. The molecule has 2 aromatic rings. The van der Waals surface area contributed by atoms with Crippen LogP contribution >= 0.6 is 11.8 Å². The van der Waals surface area contributed by atoms with Gasteiger partial charge in [0.1, 0.15) is 5.03 Å². The second-order valence-electron chi connectivity index (χ2n) is 5.55. The first-order valence-corrected chi connectivity index (χ1v) is 9.53. The topological polar surface area (TPSA) is 72.2 Å². The zero-order valence-corrected chi connectivity index (χ0v) is 15.8. The molecule has 0 saturated heterocycles. The first kappa shape index (κ1) is 19.3. The minimum atomic E-state index is -0.401. The molecule has 0 spiro atoms. The zero-order valence-electron chi connectivity index (χ0n) is 14.9. The van der Waals surface area contributed by atoms with Crippen molar-refractivity contribution in [1.82, 2.24) is 14.9 Å². The highest BCUT2D eigenvalue weighted by atomic mass is 32.2. The van der Waals surface area contributed by atoms with Crippen LogP contribution in [-0.2, 0) is 6.42 Å². The largest absolute Gasteiger partial charge is 0.303 e. The molecule has 0 aliphatic carbocycles. The van der Waals surface area contributed by atoms with Crippen LogP contribution in [0.2, 0.25) is 0 Å². The predicted molar refractivity (Wildman–Crippen MR) is 102 cm³/mol. The van der Waals surface area contributed by atoms with Gasteiger partial charge in [0.05, 0.1) is 4.92 Å². The summed E-state index contributed by atoms with van der Waals surface area (Å²) in [5, 5.41) is 11.7. The fraction of sp³-hybridized carbons (Fsp3) is 0.444. The van der Waals surface area contributed by atoms with Gasteiger partial charge >= 0.3 is 0 Å². The Morgan fingerprint density at radius 2 is 1.80 bits per heavy atom. The molecule has 0 saturated carbocycles. The van der Waals surface area contributed by atoms with Crippen molar-refractivity contribution in [2.24, 2.45) is 0 Å². The van der Waals surface area contributed by atoms with E-state index in [4.69, 9.17) is 0 Å². The van der Waals surface area contributed by atoms with Crippen LogP contribution in [0.5, 0.6) is 0 Å². The maximum atomic E-state index is 10.8. The van der Waals surface area contributed by atoms with Crippen molar-refractivity contribution >= 4 is 17.4 Å². The molecule has 25 heavy (non-hydrogen) atoms. The molecule has 0 atom stereocenters. The summed E-state index contributed by atoms with van der Waals surface area (Å²) in [6.45, 7) is 9.52. The van der Waals surface area contributed by atoms with E-state index < -0.39 is 4.92 Å². The first-order valence-electron chi connectivity index (χ1n) is 8.55. The Kier molecular flexibility index (Phi) is 7.33. The lowest BCUT2D eigenvalue weighted by Gasteiger charge is -2.17. The molecular weight excluding hydrogens is 336 g/mol. The Balaban J connectivity index is 2.17. The van der Waals surface area contributed by atoms with Crippen LogP contribution in [0, 0.1) is 10.1 Å². The monoisotopic (exact) mass is 360 g/mol. The zero-order chi connectivity index (χ0) is 18.2. The molecule has 1 heterocycles. The van der Waals surface area contributed by atoms with E-state index in [1.54, 1.807) is 23.9 Å². The third-order valence-corrected chi connectivity index (χ3v) is 4.90. The standard InChI is InChI=1S/C18H24N4O2S/c1-4-15-13-17(25-12-11-21(5-2)6-3)20-18(19-15)14-7-9-16(10-8-14)22(23)24/h7-10,13H,4-6,11-12H2,1-3H3. The highest BCUT2D eigenvalue weighted by Crippen LogP contribution is 2.24. The van der Waals surface area contributed by atoms with Gasteiger partial charge in [0.15, 0.2) is 5.82 Å². The number of benzene rings is 1. The summed E-state index contributed by atoms with van der Waals surface area (Å²) in [5.41, 5.74) is 1.85. The highest BCUT2D eigenvalue weighted by molar-refractivity contribution is 7.99. The lowest BCUT2D eigenvalue weighted by atomic mass is 10.2. The average molecular weight is 360 g/mol. The van der Waals surface area contributed by atoms with Crippen molar-refractivity contribution in [2.45, 2.75) is 32.2 Å². The van der Waals surface area contributed by atoms with Gasteiger partial charge in [-0.3, -0.25) is 10.1 Å².